The number of piperazine rings is 1. The Balaban J connectivity index is 1.42. The molecule has 0 unspecified atom stereocenters. The van der Waals surface area contributed by atoms with Gasteiger partial charge in [-0.05, 0) is 44.0 Å². The van der Waals surface area contributed by atoms with E-state index in [4.69, 9.17) is 4.52 Å². The molecule has 0 atom stereocenters. The zero-order valence-corrected chi connectivity index (χ0v) is 16.8. The third-order valence-corrected chi connectivity index (χ3v) is 5.23. The van der Waals surface area contributed by atoms with Crippen LogP contribution >= 0.6 is 0 Å². The number of anilines is 3. The molecular weight excluding hydrogens is 368 g/mol. The number of rotatable bonds is 4. The van der Waals surface area contributed by atoms with Gasteiger partial charge in [0.25, 0.3) is 5.91 Å². The first-order valence-corrected chi connectivity index (χ1v) is 9.65. The lowest BCUT2D eigenvalue weighted by Crippen LogP contribution is -2.49. The van der Waals surface area contributed by atoms with Crippen LogP contribution in [0.5, 0.6) is 0 Å². The molecule has 1 aliphatic rings. The Bertz CT molecular complexity index is 1020. The molecule has 8 nitrogen and oxygen atoms in total. The van der Waals surface area contributed by atoms with E-state index >= 15 is 0 Å². The minimum absolute atomic E-state index is 0.0904. The Morgan fingerprint density at radius 2 is 1.90 bits per heavy atom. The van der Waals surface area contributed by atoms with Crippen molar-refractivity contribution in [1.82, 2.24) is 20.0 Å². The lowest BCUT2D eigenvalue weighted by molar-refractivity contribution is 0.0741. The number of carbonyl (C=O) groups is 1. The molecule has 0 saturated carbocycles. The first kappa shape index (κ1) is 18.9. The lowest BCUT2D eigenvalue weighted by atomic mass is 10.1. The second kappa shape index (κ2) is 7.90. The van der Waals surface area contributed by atoms with E-state index < -0.39 is 0 Å². The van der Waals surface area contributed by atoms with Gasteiger partial charge in [-0.1, -0.05) is 17.3 Å². The van der Waals surface area contributed by atoms with Crippen LogP contribution in [0.4, 0.5) is 17.5 Å². The van der Waals surface area contributed by atoms with Crippen LogP contribution in [-0.4, -0.2) is 52.1 Å². The predicted octanol–water partition coefficient (Wildman–Crippen LogP) is 3.10. The molecule has 2 aromatic heterocycles. The van der Waals surface area contributed by atoms with Crippen molar-refractivity contribution in [3.05, 3.63) is 59.1 Å². The zero-order valence-electron chi connectivity index (χ0n) is 16.8. The van der Waals surface area contributed by atoms with Crippen LogP contribution in [0.2, 0.25) is 0 Å². The second-order valence-electron chi connectivity index (χ2n) is 7.21. The summed E-state index contributed by atoms with van der Waals surface area (Å²) in [5.41, 5.74) is 4.18. The summed E-state index contributed by atoms with van der Waals surface area (Å²) in [5.74, 6) is 1.42. The van der Waals surface area contributed by atoms with Gasteiger partial charge in [-0.15, -0.1) is 0 Å². The highest BCUT2D eigenvalue weighted by Crippen LogP contribution is 2.24. The number of nitrogens with zero attached hydrogens (tertiary/aromatic N) is 5. The molecule has 3 aromatic rings. The fourth-order valence-corrected chi connectivity index (χ4v) is 3.47. The summed E-state index contributed by atoms with van der Waals surface area (Å²) >= 11 is 0. The van der Waals surface area contributed by atoms with Crippen molar-refractivity contribution in [1.29, 1.82) is 0 Å². The summed E-state index contributed by atoms with van der Waals surface area (Å²) in [4.78, 5) is 25.6. The van der Waals surface area contributed by atoms with Crippen LogP contribution < -0.4 is 10.2 Å². The minimum Gasteiger partial charge on any atom is -0.368 e. The van der Waals surface area contributed by atoms with Crippen LogP contribution in [0, 0.1) is 20.8 Å². The molecule has 1 aliphatic heterocycles. The molecule has 1 N–H and O–H groups in total. The van der Waals surface area contributed by atoms with E-state index in [0.717, 1.165) is 13.1 Å². The highest BCUT2D eigenvalue weighted by molar-refractivity contribution is 5.92. The Labute approximate surface area is 169 Å². The number of carbonyl (C=O) groups excluding carboxylic acids is 1. The van der Waals surface area contributed by atoms with E-state index in [0.29, 0.717) is 36.3 Å². The quantitative estimate of drug-likeness (QED) is 0.730. The number of aromatic nitrogens is 3. The van der Waals surface area contributed by atoms with Gasteiger partial charge >= 0.3 is 0 Å². The fraction of sp³-hybridized carbons (Fsp3) is 0.333. The summed E-state index contributed by atoms with van der Waals surface area (Å²) in [5, 5.41) is 6.82. The molecule has 0 aliphatic carbocycles. The molecule has 8 heteroatoms. The fourth-order valence-electron chi connectivity index (χ4n) is 3.47. The monoisotopic (exact) mass is 392 g/mol. The average molecular weight is 392 g/mol. The minimum atomic E-state index is -0.0904. The number of hydrogen-bond donors (Lipinski definition) is 1. The maximum Gasteiger partial charge on any atom is 0.272 e. The summed E-state index contributed by atoms with van der Waals surface area (Å²) in [6.45, 7) is 8.97. The van der Waals surface area contributed by atoms with Gasteiger partial charge in [-0.2, -0.15) is 0 Å². The summed E-state index contributed by atoms with van der Waals surface area (Å²) in [6, 6.07) is 9.73. The molecule has 1 fully saturated rings. The van der Waals surface area contributed by atoms with Crippen LogP contribution in [0.1, 0.15) is 27.4 Å². The number of benzene rings is 1. The van der Waals surface area contributed by atoms with E-state index in [1.807, 2.05) is 4.90 Å². The third-order valence-electron chi connectivity index (χ3n) is 5.23. The molecule has 4 rings (SSSR count). The molecule has 150 valence electrons. The van der Waals surface area contributed by atoms with E-state index in [9.17, 15) is 4.79 Å². The van der Waals surface area contributed by atoms with E-state index in [1.54, 1.807) is 25.3 Å². The summed E-state index contributed by atoms with van der Waals surface area (Å²) < 4.78 is 5.02. The summed E-state index contributed by atoms with van der Waals surface area (Å²) in [7, 11) is 0. The number of hydrogen-bond acceptors (Lipinski definition) is 7. The standard InChI is InChI=1S/C21H24N6O2/c1-14-5-4-6-18(16(14)3)26-9-11-27(12-10-26)20(28)17-7-8-22-21(23-17)24-19-13-15(2)29-25-19/h4-8,13H,9-12H2,1-3H3,(H,22,23,24,25). The van der Waals surface area contributed by atoms with Crippen molar-refractivity contribution in [2.45, 2.75) is 20.8 Å². The van der Waals surface area contributed by atoms with Gasteiger partial charge < -0.3 is 19.6 Å². The highest BCUT2D eigenvalue weighted by Gasteiger charge is 2.24. The highest BCUT2D eigenvalue weighted by atomic mass is 16.5. The lowest BCUT2D eigenvalue weighted by Gasteiger charge is -2.37. The van der Waals surface area contributed by atoms with Crippen molar-refractivity contribution in [3.8, 4) is 0 Å². The molecule has 0 spiro atoms. The van der Waals surface area contributed by atoms with Gasteiger partial charge in [0, 0.05) is 44.1 Å². The van der Waals surface area contributed by atoms with E-state index in [2.05, 4.69) is 57.4 Å². The van der Waals surface area contributed by atoms with Gasteiger partial charge in [0.2, 0.25) is 5.95 Å². The smallest absolute Gasteiger partial charge is 0.272 e. The van der Waals surface area contributed by atoms with Gasteiger partial charge in [-0.25, -0.2) is 9.97 Å². The van der Waals surface area contributed by atoms with E-state index in [-0.39, 0.29) is 5.91 Å². The molecule has 0 bridgehead atoms. The Morgan fingerprint density at radius 1 is 1.10 bits per heavy atom. The molecule has 29 heavy (non-hydrogen) atoms. The zero-order chi connectivity index (χ0) is 20.4. The van der Waals surface area contributed by atoms with Crippen molar-refractivity contribution in [2.75, 3.05) is 36.4 Å². The van der Waals surface area contributed by atoms with Crippen LogP contribution in [-0.2, 0) is 0 Å². The first-order chi connectivity index (χ1) is 14.0. The predicted molar refractivity (Wildman–Crippen MR) is 111 cm³/mol. The number of nitrogens with one attached hydrogen (secondary N) is 1. The SMILES string of the molecule is Cc1cc(Nc2nccc(C(=O)N3CCN(c4cccc(C)c4C)CC3)n2)no1. The molecule has 0 radical (unpaired) electrons. The van der Waals surface area contributed by atoms with Gasteiger partial charge in [-0.3, -0.25) is 4.79 Å². The normalized spacial score (nSPS) is 14.2. The van der Waals surface area contributed by atoms with Crippen molar-refractivity contribution < 1.29 is 9.32 Å². The average Bonchev–Trinajstić information content (AvgIpc) is 3.14. The molecule has 1 saturated heterocycles. The Kier molecular flexibility index (Phi) is 5.16. The largest absolute Gasteiger partial charge is 0.368 e. The van der Waals surface area contributed by atoms with Crippen LogP contribution in [0.15, 0.2) is 41.1 Å². The van der Waals surface area contributed by atoms with Crippen molar-refractivity contribution in [2.24, 2.45) is 0 Å². The third kappa shape index (κ3) is 4.06. The number of aryl methyl sites for hydroxylation is 2. The van der Waals surface area contributed by atoms with Gasteiger partial charge in [0.1, 0.15) is 11.5 Å². The topological polar surface area (TPSA) is 87.4 Å². The Morgan fingerprint density at radius 3 is 2.62 bits per heavy atom. The number of amides is 1. The Hall–Kier alpha value is -3.42. The second-order valence-corrected chi connectivity index (χ2v) is 7.21. The molecule has 1 aromatic carbocycles. The van der Waals surface area contributed by atoms with Crippen LogP contribution in [0.25, 0.3) is 0 Å². The molecular formula is C21H24N6O2. The maximum atomic E-state index is 12.9. The molecule has 3 heterocycles. The van der Waals surface area contributed by atoms with Crippen LogP contribution in [0.3, 0.4) is 0 Å². The van der Waals surface area contributed by atoms with Gasteiger partial charge in [0.15, 0.2) is 5.82 Å². The molecule has 1 amide bonds. The van der Waals surface area contributed by atoms with E-state index in [1.165, 1.54) is 16.8 Å². The van der Waals surface area contributed by atoms with Crippen molar-refractivity contribution in [3.63, 3.8) is 0 Å². The first-order valence-electron chi connectivity index (χ1n) is 9.65. The maximum absolute atomic E-state index is 12.9. The summed E-state index contributed by atoms with van der Waals surface area (Å²) in [6.07, 6.45) is 1.57. The van der Waals surface area contributed by atoms with Gasteiger partial charge in [0.05, 0.1) is 0 Å². The van der Waals surface area contributed by atoms with Crippen molar-refractivity contribution >= 4 is 23.4 Å².